The number of amides is 1. The lowest BCUT2D eigenvalue weighted by atomic mass is 10.1. The molecule has 8 heteroatoms. The second-order valence-electron chi connectivity index (χ2n) is 6.68. The molecule has 3 rings (SSSR count). The maximum absolute atomic E-state index is 13.4. The van der Waals surface area contributed by atoms with Crippen LogP contribution in [0, 0.1) is 20.8 Å². The second kappa shape index (κ2) is 7.54. The van der Waals surface area contributed by atoms with Crippen LogP contribution in [0.4, 0.5) is 18.9 Å². The van der Waals surface area contributed by atoms with Crippen molar-refractivity contribution >= 4 is 11.6 Å². The summed E-state index contributed by atoms with van der Waals surface area (Å²) >= 11 is 0. The quantitative estimate of drug-likeness (QED) is 0.706. The molecule has 0 aliphatic heterocycles. The highest BCUT2D eigenvalue weighted by Crippen LogP contribution is 2.33. The molecule has 29 heavy (non-hydrogen) atoms. The third-order valence-electron chi connectivity index (χ3n) is 4.52. The Morgan fingerprint density at radius 1 is 1.00 bits per heavy atom. The molecule has 0 fully saturated rings. The van der Waals surface area contributed by atoms with E-state index in [1.807, 2.05) is 19.9 Å². The lowest BCUT2D eigenvalue weighted by Crippen LogP contribution is -2.27. The minimum absolute atomic E-state index is 0.175. The number of halogens is 3. The van der Waals surface area contributed by atoms with Gasteiger partial charge < -0.3 is 5.32 Å². The highest BCUT2D eigenvalue weighted by atomic mass is 19.4. The van der Waals surface area contributed by atoms with Crippen LogP contribution in [-0.2, 0) is 6.18 Å². The Bertz CT molecular complexity index is 1150. The highest BCUT2D eigenvalue weighted by molar-refractivity contribution is 6.02. The zero-order valence-corrected chi connectivity index (χ0v) is 16.0. The summed E-state index contributed by atoms with van der Waals surface area (Å²) in [6.07, 6.45) is -4.62. The Balaban J connectivity index is 2.06. The molecule has 3 aromatic rings. The average Bonchev–Trinajstić information content (AvgIpc) is 2.64. The van der Waals surface area contributed by atoms with E-state index in [0.717, 1.165) is 27.9 Å². The summed E-state index contributed by atoms with van der Waals surface area (Å²) in [6, 6.07) is 11.2. The van der Waals surface area contributed by atoms with Gasteiger partial charge in [0, 0.05) is 17.4 Å². The largest absolute Gasteiger partial charge is 0.418 e. The summed E-state index contributed by atoms with van der Waals surface area (Å²) in [5, 5.41) is 6.52. The molecule has 0 aliphatic rings. The topological polar surface area (TPSA) is 64.0 Å². The Labute approximate surface area is 164 Å². The van der Waals surface area contributed by atoms with Gasteiger partial charge in [-0.3, -0.25) is 9.59 Å². The molecule has 1 N–H and O–H groups in total. The van der Waals surface area contributed by atoms with E-state index in [4.69, 9.17) is 0 Å². The maximum Gasteiger partial charge on any atom is 0.418 e. The SMILES string of the molecule is Cc1ccc(NC(=O)c2nn(-c3ccccc3C(F)(F)F)c(C)cc2=O)cc1C. The molecule has 0 saturated heterocycles. The standard InChI is InChI=1S/C21H18F3N3O2/c1-12-8-9-15(10-13(12)2)25-20(29)19-18(28)11-14(3)27(26-19)17-7-5-4-6-16(17)21(22,23)24/h4-11H,1-3H3,(H,25,29). The van der Waals surface area contributed by atoms with Crippen molar-refractivity contribution in [3.63, 3.8) is 0 Å². The van der Waals surface area contributed by atoms with Crippen molar-refractivity contribution in [3.05, 3.63) is 86.8 Å². The van der Waals surface area contributed by atoms with E-state index in [0.29, 0.717) is 5.69 Å². The molecule has 1 heterocycles. The molecule has 0 unspecified atom stereocenters. The van der Waals surface area contributed by atoms with Gasteiger partial charge in [0.15, 0.2) is 5.69 Å². The van der Waals surface area contributed by atoms with Crippen molar-refractivity contribution in [2.75, 3.05) is 5.32 Å². The van der Waals surface area contributed by atoms with Crippen LogP contribution in [0.15, 0.2) is 53.3 Å². The number of aryl methyl sites for hydroxylation is 3. The monoisotopic (exact) mass is 401 g/mol. The number of hydrogen-bond donors (Lipinski definition) is 1. The number of alkyl halides is 3. The van der Waals surface area contributed by atoms with Gasteiger partial charge in [-0.2, -0.15) is 18.3 Å². The van der Waals surface area contributed by atoms with Crippen LogP contribution in [-0.4, -0.2) is 15.7 Å². The number of nitrogens with one attached hydrogen (secondary N) is 1. The molecule has 5 nitrogen and oxygen atoms in total. The number of para-hydroxylation sites is 1. The third kappa shape index (κ3) is 4.21. The Kier molecular flexibility index (Phi) is 5.28. The molecule has 1 aromatic heterocycles. The summed E-state index contributed by atoms with van der Waals surface area (Å²) in [4.78, 5) is 24.9. The molecule has 0 atom stereocenters. The van der Waals surface area contributed by atoms with Crippen LogP contribution >= 0.6 is 0 Å². The normalized spacial score (nSPS) is 11.4. The van der Waals surface area contributed by atoms with Gasteiger partial charge in [0.2, 0.25) is 5.43 Å². The van der Waals surface area contributed by atoms with Crippen molar-refractivity contribution < 1.29 is 18.0 Å². The van der Waals surface area contributed by atoms with Gasteiger partial charge in [-0.15, -0.1) is 0 Å². The van der Waals surface area contributed by atoms with E-state index < -0.39 is 28.8 Å². The molecule has 1 amide bonds. The first-order chi connectivity index (χ1) is 13.6. The lowest BCUT2D eigenvalue weighted by Gasteiger charge is -2.16. The van der Waals surface area contributed by atoms with Crippen molar-refractivity contribution in [2.24, 2.45) is 0 Å². The van der Waals surface area contributed by atoms with Crippen LogP contribution in [0.1, 0.15) is 32.9 Å². The minimum Gasteiger partial charge on any atom is -0.320 e. The second-order valence-corrected chi connectivity index (χ2v) is 6.68. The highest BCUT2D eigenvalue weighted by Gasteiger charge is 2.34. The van der Waals surface area contributed by atoms with Gasteiger partial charge in [0.25, 0.3) is 5.91 Å². The minimum atomic E-state index is -4.62. The number of carbonyl (C=O) groups excluding carboxylic acids is 1. The fraction of sp³-hybridized carbons (Fsp3) is 0.190. The van der Waals surface area contributed by atoms with Crippen LogP contribution in [0.5, 0.6) is 0 Å². The van der Waals surface area contributed by atoms with Crippen LogP contribution in [0.25, 0.3) is 5.69 Å². The molecular formula is C21H18F3N3O2. The van der Waals surface area contributed by atoms with E-state index in [9.17, 15) is 22.8 Å². The Hall–Kier alpha value is -3.42. The van der Waals surface area contributed by atoms with Gasteiger partial charge in [0.05, 0.1) is 11.3 Å². The zero-order chi connectivity index (χ0) is 21.3. The first-order valence-electron chi connectivity index (χ1n) is 8.74. The smallest absolute Gasteiger partial charge is 0.320 e. The van der Waals surface area contributed by atoms with Crippen molar-refractivity contribution in [3.8, 4) is 5.69 Å². The van der Waals surface area contributed by atoms with E-state index in [-0.39, 0.29) is 11.4 Å². The van der Waals surface area contributed by atoms with Gasteiger partial charge in [-0.1, -0.05) is 18.2 Å². The third-order valence-corrected chi connectivity index (χ3v) is 4.52. The molecular weight excluding hydrogens is 383 g/mol. The average molecular weight is 401 g/mol. The summed E-state index contributed by atoms with van der Waals surface area (Å²) in [5.74, 6) is -0.795. The zero-order valence-electron chi connectivity index (χ0n) is 16.0. The first-order valence-corrected chi connectivity index (χ1v) is 8.74. The van der Waals surface area contributed by atoms with E-state index in [1.54, 1.807) is 12.1 Å². The van der Waals surface area contributed by atoms with Crippen LogP contribution < -0.4 is 10.7 Å². The molecule has 0 saturated carbocycles. The molecule has 150 valence electrons. The Morgan fingerprint density at radius 3 is 2.34 bits per heavy atom. The van der Waals surface area contributed by atoms with Gasteiger partial charge in [-0.05, 0) is 56.2 Å². The summed E-state index contributed by atoms with van der Waals surface area (Å²) < 4.78 is 41.1. The number of anilines is 1. The van der Waals surface area contributed by atoms with E-state index >= 15 is 0 Å². The van der Waals surface area contributed by atoms with Gasteiger partial charge >= 0.3 is 6.18 Å². The van der Waals surface area contributed by atoms with Crippen LogP contribution in [0.2, 0.25) is 0 Å². The summed E-state index contributed by atoms with van der Waals surface area (Å²) in [5.41, 5.74) is 0.253. The predicted molar refractivity (Wildman–Crippen MR) is 103 cm³/mol. The number of rotatable bonds is 3. The van der Waals surface area contributed by atoms with Gasteiger partial charge in [-0.25, -0.2) is 4.68 Å². The fourth-order valence-electron chi connectivity index (χ4n) is 2.86. The summed E-state index contributed by atoms with van der Waals surface area (Å²) in [6.45, 7) is 5.24. The van der Waals surface area contributed by atoms with E-state index in [2.05, 4.69) is 10.4 Å². The van der Waals surface area contributed by atoms with E-state index in [1.165, 1.54) is 25.1 Å². The molecule has 0 spiro atoms. The fourth-order valence-corrected chi connectivity index (χ4v) is 2.86. The molecule has 0 bridgehead atoms. The first kappa shape index (κ1) is 20.3. The number of hydrogen-bond acceptors (Lipinski definition) is 3. The molecule has 0 aliphatic carbocycles. The van der Waals surface area contributed by atoms with Crippen LogP contribution in [0.3, 0.4) is 0 Å². The lowest BCUT2D eigenvalue weighted by molar-refractivity contribution is -0.137. The summed E-state index contributed by atoms with van der Waals surface area (Å²) in [7, 11) is 0. The number of nitrogens with zero attached hydrogens (tertiary/aromatic N) is 2. The Morgan fingerprint density at radius 2 is 1.69 bits per heavy atom. The predicted octanol–water partition coefficient (Wildman–Crippen LogP) is 4.43. The molecule has 2 aromatic carbocycles. The van der Waals surface area contributed by atoms with Crippen molar-refractivity contribution in [1.29, 1.82) is 0 Å². The van der Waals surface area contributed by atoms with Crippen molar-refractivity contribution in [2.45, 2.75) is 26.9 Å². The van der Waals surface area contributed by atoms with Crippen molar-refractivity contribution in [1.82, 2.24) is 9.78 Å². The molecule has 0 radical (unpaired) electrons. The number of aromatic nitrogens is 2. The number of benzene rings is 2. The number of carbonyl (C=O) groups is 1. The maximum atomic E-state index is 13.4. The van der Waals surface area contributed by atoms with Gasteiger partial charge in [0.1, 0.15) is 0 Å².